The molecule has 0 saturated carbocycles. The van der Waals surface area contributed by atoms with E-state index >= 15 is 0 Å². The maximum absolute atomic E-state index is 10.8. The van der Waals surface area contributed by atoms with E-state index < -0.39 is 5.72 Å². The van der Waals surface area contributed by atoms with Gasteiger partial charge in [-0.15, -0.1) is 0 Å². The molecule has 1 atom stereocenters. The van der Waals surface area contributed by atoms with Crippen LogP contribution in [0.4, 0.5) is 5.69 Å². The van der Waals surface area contributed by atoms with Crippen molar-refractivity contribution in [2.24, 2.45) is 0 Å². The first kappa shape index (κ1) is 22.0. The highest BCUT2D eigenvalue weighted by atomic mass is 16.5. The normalized spacial score (nSPS) is 13.2. The van der Waals surface area contributed by atoms with Crippen molar-refractivity contribution in [3.8, 4) is 5.75 Å². The minimum Gasteiger partial charge on any atom is -0.492 e. The van der Waals surface area contributed by atoms with Crippen LogP contribution in [0.1, 0.15) is 18.1 Å². The largest absolute Gasteiger partial charge is 0.492 e. The van der Waals surface area contributed by atoms with Crippen LogP contribution in [0.5, 0.6) is 5.75 Å². The number of nitrogens with one attached hydrogen (secondary N) is 1. The van der Waals surface area contributed by atoms with Crippen LogP contribution in [0.2, 0.25) is 0 Å². The molecule has 0 unspecified atom stereocenters. The standard InChI is InChI=1S/C29H29N3O2/c1-29(33,22-10-7-11-23(30)18-22)31-16-17-34-24-14-15-26-25-12-5-6-13-27(25)32(28(26)19-24)20-21-8-3-2-4-9-21/h2-15,18-19,31,33H,16-17,20,30H2,1H3/t29-/m1/s1. The topological polar surface area (TPSA) is 72.4 Å². The second-order valence-electron chi connectivity index (χ2n) is 8.74. The van der Waals surface area contributed by atoms with Crippen molar-refractivity contribution in [2.45, 2.75) is 19.2 Å². The number of hydrogen-bond acceptors (Lipinski definition) is 4. The number of nitrogens with two attached hydrogens (primary N) is 1. The van der Waals surface area contributed by atoms with Crippen LogP contribution < -0.4 is 15.8 Å². The molecule has 0 saturated heterocycles. The molecule has 172 valence electrons. The highest BCUT2D eigenvalue weighted by Gasteiger charge is 2.22. The van der Waals surface area contributed by atoms with Crippen LogP contribution in [-0.4, -0.2) is 22.8 Å². The van der Waals surface area contributed by atoms with Crippen LogP contribution in [0, 0.1) is 0 Å². The van der Waals surface area contributed by atoms with Gasteiger partial charge in [0.15, 0.2) is 0 Å². The third-order valence-electron chi connectivity index (χ3n) is 6.22. The van der Waals surface area contributed by atoms with Crippen LogP contribution in [-0.2, 0) is 12.3 Å². The highest BCUT2D eigenvalue weighted by molar-refractivity contribution is 6.08. The summed E-state index contributed by atoms with van der Waals surface area (Å²) in [6.07, 6.45) is 0. The number of rotatable bonds is 8. The summed E-state index contributed by atoms with van der Waals surface area (Å²) in [4.78, 5) is 0. The fourth-order valence-electron chi connectivity index (χ4n) is 4.46. The number of nitrogens with zero attached hydrogens (tertiary/aromatic N) is 1. The molecule has 0 bridgehead atoms. The minimum absolute atomic E-state index is 0.420. The molecule has 0 radical (unpaired) electrons. The number of aliphatic hydroxyl groups is 1. The quantitative estimate of drug-likeness (QED) is 0.171. The molecule has 0 amide bonds. The van der Waals surface area contributed by atoms with E-state index in [-0.39, 0.29) is 0 Å². The van der Waals surface area contributed by atoms with Crippen LogP contribution in [0.25, 0.3) is 21.8 Å². The zero-order valence-corrected chi connectivity index (χ0v) is 19.2. The molecule has 5 aromatic rings. The SMILES string of the molecule is C[C@](O)(NCCOc1ccc2c3ccccc3n(Cc3ccccc3)c2c1)c1cccc(N)c1. The number of fused-ring (bicyclic) bond motifs is 3. The van der Waals surface area contributed by atoms with Crippen LogP contribution in [0.15, 0.2) is 97.1 Å². The first-order chi connectivity index (χ1) is 16.5. The molecule has 0 aliphatic heterocycles. The Morgan fingerprint density at radius 3 is 2.44 bits per heavy atom. The second kappa shape index (κ2) is 9.21. The summed E-state index contributed by atoms with van der Waals surface area (Å²) in [5, 5.41) is 16.4. The van der Waals surface area contributed by atoms with E-state index in [1.54, 1.807) is 19.1 Å². The average Bonchev–Trinajstić information content (AvgIpc) is 3.15. The van der Waals surface area contributed by atoms with Gasteiger partial charge in [0.05, 0.1) is 5.52 Å². The van der Waals surface area contributed by atoms with Gasteiger partial charge in [0.25, 0.3) is 0 Å². The van der Waals surface area contributed by atoms with Crippen LogP contribution >= 0.6 is 0 Å². The van der Waals surface area contributed by atoms with E-state index in [4.69, 9.17) is 10.5 Å². The van der Waals surface area contributed by atoms with Crippen molar-refractivity contribution >= 4 is 27.5 Å². The van der Waals surface area contributed by atoms with E-state index in [1.807, 2.05) is 24.3 Å². The van der Waals surface area contributed by atoms with Gasteiger partial charge in [-0.1, -0.05) is 60.7 Å². The number of aromatic nitrogens is 1. The Balaban J connectivity index is 1.34. The van der Waals surface area contributed by atoms with Crippen molar-refractivity contribution in [1.82, 2.24) is 9.88 Å². The molecule has 34 heavy (non-hydrogen) atoms. The molecular formula is C29H29N3O2. The van der Waals surface area contributed by atoms with Crippen molar-refractivity contribution in [3.05, 3.63) is 108 Å². The van der Waals surface area contributed by atoms with Gasteiger partial charge in [-0.3, -0.25) is 5.32 Å². The Labute approximate surface area is 199 Å². The van der Waals surface area contributed by atoms with Crippen molar-refractivity contribution < 1.29 is 9.84 Å². The maximum Gasteiger partial charge on any atom is 0.139 e. The number of hydrogen-bond donors (Lipinski definition) is 3. The van der Waals surface area contributed by atoms with Gasteiger partial charge < -0.3 is 20.1 Å². The third-order valence-corrected chi connectivity index (χ3v) is 6.22. The molecule has 5 heteroatoms. The monoisotopic (exact) mass is 451 g/mol. The summed E-state index contributed by atoms with van der Waals surface area (Å²) in [6, 6.07) is 32.5. The Kier molecular flexibility index (Phi) is 5.97. The molecular weight excluding hydrogens is 422 g/mol. The lowest BCUT2D eigenvalue weighted by Gasteiger charge is -2.25. The minimum atomic E-state index is -1.19. The zero-order valence-electron chi connectivity index (χ0n) is 19.2. The smallest absolute Gasteiger partial charge is 0.139 e. The molecule has 4 N–H and O–H groups in total. The fraction of sp³-hybridized carbons (Fsp3) is 0.172. The number of ether oxygens (including phenoxy) is 1. The molecule has 1 aromatic heterocycles. The summed E-state index contributed by atoms with van der Waals surface area (Å²) < 4.78 is 8.40. The van der Waals surface area contributed by atoms with Gasteiger partial charge >= 0.3 is 0 Å². The van der Waals surface area contributed by atoms with Gasteiger partial charge in [0, 0.05) is 46.7 Å². The number of anilines is 1. The highest BCUT2D eigenvalue weighted by Crippen LogP contribution is 2.32. The summed E-state index contributed by atoms with van der Waals surface area (Å²) in [5.41, 5.74) is 9.61. The zero-order chi connectivity index (χ0) is 23.5. The van der Waals surface area contributed by atoms with Gasteiger partial charge in [0.1, 0.15) is 18.1 Å². The second-order valence-corrected chi connectivity index (χ2v) is 8.74. The van der Waals surface area contributed by atoms with E-state index in [1.165, 1.54) is 21.9 Å². The van der Waals surface area contributed by atoms with Gasteiger partial charge in [-0.25, -0.2) is 0 Å². The Morgan fingerprint density at radius 2 is 1.62 bits per heavy atom. The van der Waals surface area contributed by atoms with Crippen molar-refractivity contribution in [3.63, 3.8) is 0 Å². The van der Waals surface area contributed by atoms with E-state index in [9.17, 15) is 5.11 Å². The first-order valence-corrected chi connectivity index (χ1v) is 11.5. The van der Waals surface area contributed by atoms with E-state index in [0.717, 1.165) is 23.4 Å². The number of nitrogen functional groups attached to an aromatic ring is 1. The van der Waals surface area contributed by atoms with Crippen molar-refractivity contribution in [2.75, 3.05) is 18.9 Å². The molecule has 5 rings (SSSR count). The molecule has 0 aliphatic carbocycles. The maximum atomic E-state index is 10.8. The van der Waals surface area contributed by atoms with Crippen molar-refractivity contribution in [1.29, 1.82) is 0 Å². The molecule has 1 heterocycles. The molecule has 5 nitrogen and oxygen atoms in total. The summed E-state index contributed by atoms with van der Waals surface area (Å²) in [7, 11) is 0. The molecule has 4 aromatic carbocycles. The average molecular weight is 452 g/mol. The lowest BCUT2D eigenvalue weighted by Crippen LogP contribution is -2.41. The van der Waals surface area contributed by atoms with E-state index in [0.29, 0.717) is 18.8 Å². The van der Waals surface area contributed by atoms with Gasteiger partial charge in [-0.2, -0.15) is 0 Å². The summed E-state index contributed by atoms with van der Waals surface area (Å²) in [6.45, 7) is 3.41. The lowest BCUT2D eigenvalue weighted by molar-refractivity contribution is 0.0170. The predicted octanol–water partition coefficient (Wildman–Crippen LogP) is 5.26. The van der Waals surface area contributed by atoms with E-state index in [2.05, 4.69) is 70.5 Å². The number of para-hydroxylation sites is 1. The number of benzene rings is 4. The van der Waals surface area contributed by atoms with Gasteiger partial charge in [0.2, 0.25) is 0 Å². The third kappa shape index (κ3) is 4.49. The Hall–Kier alpha value is -3.80. The molecule has 0 fully saturated rings. The molecule has 0 spiro atoms. The fourth-order valence-corrected chi connectivity index (χ4v) is 4.46. The first-order valence-electron chi connectivity index (χ1n) is 11.5. The summed E-state index contributed by atoms with van der Waals surface area (Å²) >= 11 is 0. The lowest BCUT2D eigenvalue weighted by atomic mass is 10.0. The predicted molar refractivity (Wildman–Crippen MR) is 139 cm³/mol. The van der Waals surface area contributed by atoms with Crippen LogP contribution in [0.3, 0.4) is 0 Å². The van der Waals surface area contributed by atoms with Gasteiger partial charge in [-0.05, 0) is 42.8 Å². The Morgan fingerprint density at radius 1 is 0.853 bits per heavy atom. The Bertz CT molecular complexity index is 1420. The summed E-state index contributed by atoms with van der Waals surface area (Å²) in [5.74, 6) is 0.801. The molecule has 0 aliphatic rings.